The molecule has 9 heteroatoms. The monoisotopic (exact) mass is 458 g/mol. The predicted molar refractivity (Wildman–Crippen MR) is 120 cm³/mol. The summed E-state index contributed by atoms with van der Waals surface area (Å²) in [7, 11) is 0. The van der Waals surface area contributed by atoms with Crippen molar-refractivity contribution in [1.82, 2.24) is 20.3 Å². The lowest BCUT2D eigenvalue weighted by molar-refractivity contribution is -0.118. The van der Waals surface area contributed by atoms with Crippen LogP contribution in [-0.4, -0.2) is 45.5 Å². The molecule has 0 saturated heterocycles. The highest BCUT2D eigenvalue weighted by Gasteiger charge is 2.26. The molecule has 0 radical (unpaired) electrons. The molecule has 1 amide bonds. The molecule has 0 bridgehead atoms. The van der Waals surface area contributed by atoms with Crippen molar-refractivity contribution in [3.8, 4) is 17.0 Å². The second-order valence-corrected chi connectivity index (χ2v) is 8.82. The Morgan fingerprint density at radius 3 is 2.90 bits per heavy atom. The summed E-state index contributed by atoms with van der Waals surface area (Å²) in [5.41, 5.74) is 2.77. The summed E-state index contributed by atoms with van der Waals surface area (Å²) in [6.07, 6.45) is 7.65. The predicted octanol–water partition coefficient (Wildman–Crippen LogP) is 4.13. The molecule has 0 spiro atoms. The molecule has 0 unspecified atom stereocenters. The summed E-state index contributed by atoms with van der Waals surface area (Å²) in [6.45, 7) is 0.431. The van der Waals surface area contributed by atoms with Gasteiger partial charge in [-0.2, -0.15) is 0 Å². The van der Waals surface area contributed by atoms with Crippen LogP contribution in [0.4, 0.5) is 0 Å². The van der Waals surface area contributed by atoms with E-state index in [2.05, 4.69) is 26.3 Å². The van der Waals surface area contributed by atoms with Gasteiger partial charge in [-0.1, -0.05) is 23.4 Å². The minimum atomic E-state index is -0.144. The number of hydrogen-bond acceptors (Lipinski definition) is 7. The molecule has 6 nitrogen and oxygen atoms in total. The highest BCUT2D eigenvalue weighted by atomic mass is 35.5. The van der Waals surface area contributed by atoms with E-state index in [1.807, 2.05) is 30.5 Å². The molecule has 1 atom stereocenters. The minimum Gasteiger partial charge on any atom is -0.486 e. The molecule has 0 aliphatic carbocycles. The van der Waals surface area contributed by atoms with E-state index in [9.17, 15) is 4.79 Å². The Balaban J connectivity index is 1.36. The number of pyridine rings is 1. The average molecular weight is 459 g/mol. The van der Waals surface area contributed by atoms with Crippen molar-refractivity contribution in [3.63, 3.8) is 0 Å². The largest absolute Gasteiger partial charge is 0.486 e. The van der Waals surface area contributed by atoms with E-state index in [1.165, 1.54) is 23.5 Å². The number of fused-ring (bicyclic) bond motifs is 1. The Labute approximate surface area is 188 Å². The van der Waals surface area contributed by atoms with Gasteiger partial charge in [0.15, 0.2) is 5.16 Å². The SMILES string of the molecule is CSc1nccc(-c2cc(Cl)c3c(c2)C[C@H](CNC(=O)CSc2ccncc2)O3)n1. The number of carbonyl (C=O) groups excluding carboxylic acids is 1. The van der Waals surface area contributed by atoms with Crippen LogP contribution in [0.25, 0.3) is 11.3 Å². The Kier molecular flexibility index (Phi) is 6.76. The third-order valence-corrected chi connectivity index (χ3v) is 6.37. The Bertz CT molecular complexity index is 1050. The number of amides is 1. The third-order valence-electron chi connectivity index (χ3n) is 4.51. The van der Waals surface area contributed by atoms with Crippen molar-refractivity contribution in [2.24, 2.45) is 0 Å². The van der Waals surface area contributed by atoms with E-state index < -0.39 is 0 Å². The van der Waals surface area contributed by atoms with Crippen molar-refractivity contribution >= 4 is 41.0 Å². The fraction of sp³-hybridized carbons (Fsp3) is 0.238. The van der Waals surface area contributed by atoms with E-state index in [4.69, 9.17) is 16.3 Å². The number of nitrogens with one attached hydrogen (secondary N) is 1. The Morgan fingerprint density at radius 2 is 2.10 bits per heavy atom. The molecule has 3 aromatic rings. The summed E-state index contributed by atoms with van der Waals surface area (Å²) in [5.74, 6) is 0.999. The lowest BCUT2D eigenvalue weighted by Gasteiger charge is -2.12. The first-order chi connectivity index (χ1) is 14.6. The van der Waals surface area contributed by atoms with E-state index in [-0.39, 0.29) is 12.0 Å². The van der Waals surface area contributed by atoms with E-state index in [0.717, 1.165) is 21.7 Å². The van der Waals surface area contributed by atoms with Gasteiger partial charge in [0.2, 0.25) is 5.91 Å². The first-order valence-corrected chi connectivity index (χ1v) is 11.9. The van der Waals surface area contributed by atoms with Crippen LogP contribution in [0.3, 0.4) is 0 Å². The number of nitrogens with zero attached hydrogens (tertiary/aromatic N) is 3. The van der Waals surface area contributed by atoms with Crippen LogP contribution in [-0.2, 0) is 11.2 Å². The standard InChI is InChI=1S/C21H19ClN4O2S2/c1-29-21-24-7-4-18(26-21)13-8-14-9-15(28-20(14)17(22)10-13)11-25-19(27)12-30-16-2-5-23-6-3-16/h2-8,10,15H,9,11-12H2,1H3,(H,25,27)/t15-/m1/s1. The Hall–Kier alpha value is -2.29. The molecule has 0 fully saturated rings. The fourth-order valence-electron chi connectivity index (χ4n) is 3.11. The molecule has 154 valence electrons. The highest BCUT2D eigenvalue weighted by molar-refractivity contribution is 8.00. The molecule has 2 aromatic heterocycles. The van der Waals surface area contributed by atoms with Crippen LogP contribution in [0.5, 0.6) is 5.75 Å². The van der Waals surface area contributed by atoms with E-state index in [0.29, 0.717) is 34.6 Å². The lowest BCUT2D eigenvalue weighted by atomic mass is 10.0. The molecular formula is C21H19ClN4O2S2. The molecule has 3 heterocycles. The van der Waals surface area contributed by atoms with Crippen LogP contribution >= 0.6 is 35.1 Å². The number of rotatable bonds is 7. The molecule has 1 aliphatic rings. The number of aromatic nitrogens is 3. The summed E-state index contributed by atoms with van der Waals surface area (Å²) in [6, 6.07) is 9.54. The van der Waals surface area contributed by atoms with Gasteiger partial charge >= 0.3 is 0 Å². The van der Waals surface area contributed by atoms with Crippen LogP contribution in [0.1, 0.15) is 5.56 Å². The van der Waals surface area contributed by atoms with Gasteiger partial charge in [-0.05, 0) is 36.6 Å². The molecule has 1 aromatic carbocycles. The summed E-state index contributed by atoms with van der Waals surface area (Å²) >= 11 is 9.44. The Morgan fingerprint density at radius 1 is 1.27 bits per heavy atom. The average Bonchev–Trinajstić information content (AvgIpc) is 3.21. The molecular weight excluding hydrogens is 440 g/mol. The van der Waals surface area contributed by atoms with Gasteiger partial charge in [-0.25, -0.2) is 9.97 Å². The first-order valence-electron chi connectivity index (χ1n) is 9.28. The van der Waals surface area contributed by atoms with Crippen LogP contribution in [0, 0.1) is 0 Å². The minimum absolute atomic E-state index is 0.0336. The van der Waals surface area contributed by atoms with Crippen LogP contribution in [0.2, 0.25) is 5.02 Å². The summed E-state index contributed by atoms with van der Waals surface area (Å²) < 4.78 is 5.99. The van der Waals surface area contributed by atoms with E-state index >= 15 is 0 Å². The molecule has 30 heavy (non-hydrogen) atoms. The maximum Gasteiger partial charge on any atom is 0.230 e. The molecule has 4 rings (SSSR count). The summed E-state index contributed by atoms with van der Waals surface area (Å²) in [5, 5.41) is 4.21. The van der Waals surface area contributed by atoms with Gasteiger partial charge < -0.3 is 10.1 Å². The second kappa shape index (κ2) is 9.68. The summed E-state index contributed by atoms with van der Waals surface area (Å²) in [4.78, 5) is 25.9. The molecule has 0 saturated carbocycles. The zero-order chi connectivity index (χ0) is 20.9. The zero-order valence-electron chi connectivity index (χ0n) is 16.2. The zero-order valence-corrected chi connectivity index (χ0v) is 18.6. The quantitative estimate of drug-likeness (QED) is 0.421. The van der Waals surface area contributed by atoms with Gasteiger partial charge in [0.05, 0.1) is 23.0 Å². The van der Waals surface area contributed by atoms with Gasteiger partial charge in [0.1, 0.15) is 11.9 Å². The number of hydrogen-bond donors (Lipinski definition) is 1. The van der Waals surface area contributed by atoms with Crippen LogP contribution in [0.15, 0.2) is 59.0 Å². The van der Waals surface area contributed by atoms with Gasteiger partial charge in [-0.15, -0.1) is 11.8 Å². The highest BCUT2D eigenvalue weighted by Crippen LogP contribution is 2.39. The van der Waals surface area contributed by atoms with Crippen molar-refractivity contribution in [2.75, 3.05) is 18.6 Å². The number of halogens is 1. The number of thioether (sulfide) groups is 2. The fourth-order valence-corrected chi connectivity index (χ4v) is 4.46. The normalized spacial score (nSPS) is 14.8. The third kappa shape index (κ3) is 5.06. The maximum atomic E-state index is 12.2. The topological polar surface area (TPSA) is 77.0 Å². The lowest BCUT2D eigenvalue weighted by Crippen LogP contribution is -2.35. The van der Waals surface area contributed by atoms with E-state index in [1.54, 1.807) is 18.6 Å². The van der Waals surface area contributed by atoms with Gasteiger partial charge in [0.25, 0.3) is 0 Å². The molecule has 1 N–H and O–H groups in total. The first kappa shape index (κ1) is 21.0. The van der Waals surface area contributed by atoms with Crippen molar-refractivity contribution in [1.29, 1.82) is 0 Å². The number of carbonyl (C=O) groups is 1. The van der Waals surface area contributed by atoms with Crippen LogP contribution < -0.4 is 10.1 Å². The van der Waals surface area contributed by atoms with Gasteiger partial charge in [0, 0.05) is 41.0 Å². The van der Waals surface area contributed by atoms with Crippen molar-refractivity contribution in [3.05, 3.63) is 59.5 Å². The smallest absolute Gasteiger partial charge is 0.230 e. The van der Waals surface area contributed by atoms with Crippen molar-refractivity contribution in [2.45, 2.75) is 22.6 Å². The molecule has 1 aliphatic heterocycles. The number of ether oxygens (including phenoxy) is 1. The van der Waals surface area contributed by atoms with Gasteiger partial charge in [-0.3, -0.25) is 9.78 Å². The number of benzene rings is 1. The second-order valence-electron chi connectivity index (χ2n) is 6.59. The van der Waals surface area contributed by atoms with Crippen molar-refractivity contribution < 1.29 is 9.53 Å². The maximum absolute atomic E-state index is 12.2.